The number of halogens is 1. The van der Waals surface area contributed by atoms with E-state index in [-0.39, 0.29) is 18.2 Å². The number of rotatable bonds is 5. The van der Waals surface area contributed by atoms with E-state index in [4.69, 9.17) is 4.74 Å². The molecule has 1 fully saturated rings. The van der Waals surface area contributed by atoms with Crippen LogP contribution in [-0.2, 0) is 0 Å². The average molecular weight is 445 g/mol. The molecule has 0 spiro atoms. The first kappa shape index (κ1) is 19.6. The molecule has 3 aromatic heterocycles. The summed E-state index contributed by atoms with van der Waals surface area (Å²) >= 11 is 0. The van der Waals surface area contributed by atoms with Crippen molar-refractivity contribution in [3.8, 4) is 22.8 Å². The minimum absolute atomic E-state index is 0.0963. The van der Waals surface area contributed by atoms with Crippen LogP contribution >= 0.6 is 0 Å². The van der Waals surface area contributed by atoms with Gasteiger partial charge in [0.25, 0.3) is 5.91 Å². The first-order valence-corrected chi connectivity index (χ1v) is 10.7. The number of benzene rings is 1. The van der Waals surface area contributed by atoms with Crippen molar-refractivity contribution in [2.24, 2.45) is 0 Å². The summed E-state index contributed by atoms with van der Waals surface area (Å²) < 4.78 is 23.0. The number of carbonyl (C=O) groups excluding carboxylic acids is 1. The first-order chi connectivity index (χ1) is 16.2. The maximum absolute atomic E-state index is 13.6. The lowest BCUT2D eigenvalue weighted by atomic mass is 10.1. The number of hydrogen-bond donors (Lipinski definition) is 1. The number of fused-ring (bicyclic) bond motifs is 3. The van der Waals surface area contributed by atoms with E-state index in [1.165, 1.54) is 19.2 Å². The lowest BCUT2D eigenvalue weighted by molar-refractivity contribution is 0.102. The van der Waals surface area contributed by atoms with E-state index in [0.29, 0.717) is 28.7 Å². The van der Waals surface area contributed by atoms with Crippen LogP contribution in [0.3, 0.4) is 0 Å². The molecule has 166 valence electrons. The third kappa shape index (κ3) is 3.53. The summed E-state index contributed by atoms with van der Waals surface area (Å²) in [6.07, 6.45) is 9.19. The number of hydrogen-bond acceptors (Lipinski definition) is 6. The zero-order valence-corrected chi connectivity index (χ0v) is 17.6. The van der Waals surface area contributed by atoms with Gasteiger partial charge in [0.2, 0.25) is 0 Å². The highest BCUT2D eigenvalue weighted by atomic mass is 19.1. The van der Waals surface area contributed by atoms with Crippen molar-refractivity contribution in [1.29, 1.82) is 0 Å². The monoisotopic (exact) mass is 445 g/mol. The molecule has 1 aromatic carbocycles. The molecular weight excluding hydrogens is 425 g/mol. The fraction of sp³-hybridized carbons (Fsp3) is 0.261. The molecule has 1 aliphatic heterocycles. The molecule has 0 bridgehead atoms. The number of alkyl halides is 1. The SMILES string of the molecule is O=C(Nc1cccc2c1OC[C@H](CF)n1cnnc1-2)c1cc(-n2cnc(C3CC3)c2)ccn1. The molecule has 1 saturated carbocycles. The molecule has 4 aromatic rings. The van der Waals surface area contributed by atoms with E-state index in [0.717, 1.165) is 11.4 Å². The van der Waals surface area contributed by atoms with Gasteiger partial charge in [0.1, 0.15) is 25.3 Å². The molecule has 0 radical (unpaired) electrons. The molecule has 33 heavy (non-hydrogen) atoms. The molecule has 0 saturated heterocycles. The normalized spacial score (nSPS) is 16.9. The van der Waals surface area contributed by atoms with Gasteiger partial charge in [0.05, 0.1) is 35.0 Å². The van der Waals surface area contributed by atoms with E-state index in [1.807, 2.05) is 22.9 Å². The fourth-order valence-corrected chi connectivity index (χ4v) is 4.01. The number of nitrogens with zero attached hydrogens (tertiary/aromatic N) is 6. The number of pyridine rings is 1. The summed E-state index contributed by atoms with van der Waals surface area (Å²) in [5.41, 5.74) is 3.22. The Morgan fingerprint density at radius 2 is 2.12 bits per heavy atom. The van der Waals surface area contributed by atoms with Gasteiger partial charge in [-0.25, -0.2) is 9.37 Å². The highest BCUT2D eigenvalue weighted by Gasteiger charge is 2.27. The van der Waals surface area contributed by atoms with Crippen molar-refractivity contribution in [2.75, 3.05) is 18.6 Å². The smallest absolute Gasteiger partial charge is 0.274 e. The number of aromatic nitrogens is 6. The van der Waals surface area contributed by atoms with Gasteiger partial charge in [-0.3, -0.25) is 9.78 Å². The van der Waals surface area contributed by atoms with Crippen LogP contribution in [0.5, 0.6) is 5.75 Å². The van der Waals surface area contributed by atoms with Crippen molar-refractivity contribution in [3.05, 3.63) is 66.8 Å². The number of nitrogens with one attached hydrogen (secondary N) is 1. The van der Waals surface area contributed by atoms with Crippen molar-refractivity contribution >= 4 is 11.6 Å². The van der Waals surface area contributed by atoms with Crippen LogP contribution in [0, 0.1) is 0 Å². The van der Waals surface area contributed by atoms with Crippen LogP contribution < -0.4 is 10.1 Å². The van der Waals surface area contributed by atoms with E-state index in [1.54, 1.807) is 35.3 Å². The molecule has 1 atom stereocenters. The standard InChI is InChI=1S/C23H20FN7O2/c24-9-16-11-33-21-17(22-29-27-13-31(16)22)2-1-3-18(21)28-23(32)19-8-15(6-7-25-19)30-10-20(26-12-30)14-4-5-14/h1-3,6-8,10,12-14,16H,4-5,9,11H2,(H,28,32)/t16-/m0/s1. The highest BCUT2D eigenvalue weighted by Crippen LogP contribution is 2.40. The van der Waals surface area contributed by atoms with Gasteiger partial charge in [-0.1, -0.05) is 6.07 Å². The summed E-state index contributed by atoms with van der Waals surface area (Å²) in [6.45, 7) is -0.521. The van der Waals surface area contributed by atoms with E-state index in [9.17, 15) is 9.18 Å². The lowest BCUT2D eigenvalue weighted by Crippen LogP contribution is -2.18. The van der Waals surface area contributed by atoms with E-state index < -0.39 is 12.7 Å². The summed E-state index contributed by atoms with van der Waals surface area (Å²) in [7, 11) is 0. The number of ether oxygens (including phenoxy) is 1. The van der Waals surface area contributed by atoms with Crippen LogP contribution in [0.25, 0.3) is 17.1 Å². The number of anilines is 1. The van der Waals surface area contributed by atoms with Crippen molar-refractivity contribution in [2.45, 2.75) is 24.8 Å². The van der Waals surface area contributed by atoms with Crippen LogP contribution in [0.15, 0.2) is 55.4 Å². The molecule has 0 unspecified atom stereocenters. The van der Waals surface area contributed by atoms with Gasteiger partial charge in [0.15, 0.2) is 11.6 Å². The molecule has 4 heterocycles. The summed E-state index contributed by atoms with van der Waals surface area (Å²) in [5, 5.41) is 10.9. The number of imidazole rings is 1. The second-order valence-electron chi connectivity index (χ2n) is 8.20. The molecule has 1 aliphatic carbocycles. The highest BCUT2D eigenvalue weighted by molar-refractivity contribution is 6.04. The Kier molecular flexibility index (Phi) is 4.63. The largest absolute Gasteiger partial charge is 0.488 e. The van der Waals surface area contributed by atoms with Crippen molar-refractivity contribution in [1.82, 2.24) is 29.3 Å². The zero-order chi connectivity index (χ0) is 22.4. The van der Waals surface area contributed by atoms with Gasteiger partial charge in [-0.15, -0.1) is 10.2 Å². The lowest BCUT2D eigenvalue weighted by Gasteiger charge is -2.14. The second kappa shape index (κ2) is 7.80. The van der Waals surface area contributed by atoms with Gasteiger partial charge in [0, 0.05) is 18.3 Å². The third-order valence-corrected chi connectivity index (χ3v) is 5.94. The first-order valence-electron chi connectivity index (χ1n) is 10.7. The number of carbonyl (C=O) groups is 1. The zero-order valence-electron chi connectivity index (χ0n) is 17.6. The maximum atomic E-state index is 13.6. The number of para-hydroxylation sites is 1. The third-order valence-electron chi connectivity index (χ3n) is 5.94. The quantitative estimate of drug-likeness (QED) is 0.504. The predicted molar refractivity (Wildman–Crippen MR) is 117 cm³/mol. The molecule has 6 rings (SSSR count). The molecule has 1 amide bonds. The Morgan fingerprint density at radius 3 is 2.97 bits per heavy atom. The van der Waals surface area contributed by atoms with Gasteiger partial charge >= 0.3 is 0 Å². The Bertz CT molecular complexity index is 1340. The summed E-state index contributed by atoms with van der Waals surface area (Å²) in [5.74, 6) is 1.08. The fourth-order valence-electron chi connectivity index (χ4n) is 4.01. The minimum Gasteiger partial charge on any atom is -0.488 e. The Morgan fingerprint density at radius 1 is 1.21 bits per heavy atom. The predicted octanol–water partition coefficient (Wildman–Crippen LogP) is 3.56. The number of amides is 1. The topological polar surface area (TPSA) is 99.8 Å². The van der Waals surface area contributed by atoms with Crippen LogP contribution in [0.1, 0.15) is 41.0 Å². The molecule has 10 heteroatoms. The summed E-state index contributed by atoms with van der Waals surface area (Å²) in [6, 6.07) is 8.32. The Balaban J connectivity index is 1.29. The maximum Gasteiger partial charge on any atom is 0.274 e. The van der Waals surface area contributed by atoms with Crippen molar-refractivity contribution < 1.29 is 13.9 Å². The molecule has 9 nitrogen and oxygen atoms in total. The summed E-state index contributed by atoms with van der Waals surface area (Å²) in [4.78, 5) is 21.8. The minimum atomic E-state index is -0.617. The molecular formula is C23H20FN7O2. The van der Waals surface area contributed by atoms with Crippen LogP contribution in [0.2, 0.25) is 0 Å². The molecule has 1 N–H and O–H groups in total. The second-order valence-corrected chi connectivity index (χ2v) is 8.20. The van der Waals surface area contributed by atoms with Gasteiger partial charge in [-0.05, 0) is 37.1 Å². The van der Waals surface area contributed by atoms with Crippen LogP contribution in [0.4, 0.5) is 10.1 Å². The Labute approximate surface area is 188 Å². The molecule has 2 aliphatic rings. The van der Waals surface area contributed by atoms with Crippen molar-refractivity contribution in [3.63, 3.8) is 0 Å². The van der Waals surface area contributed by atoms with E-state index >= 15 is 0 Å². The van der Waals surface area contributed by atoms with Gasteiger partial charge < -0.3 is 19.2 Å². The van der Waals surface area contributed by atoms with E-state index in [2.05, 4.69) is 25.5 Å². The average Bonchev–Trinajstić information content (AvgIpc) is 3.42. The Hall–Kier alpha value is -4.08. The van der Waals surface area contributed by atoms with Gasteiger partial charge in [-0.2, -0.15) is 0 Å². The van der Waals surface area contributed by atoms with Crippen LogP contribution in [-0.4, -0.2) is 48.5 Å².